The van der Waals surface area contributed by atoms with Crippen LogP contribution in [0.1, 0.15) is 25.0 Å². The molecular formula is C9H13ClN2. The van der Waals surface area contributed by atoms with Gasteiger partial charge in [-0.15, -0.1) is 11.6 Å². The van der Waals surface area contributed by atoms with Gasteiger partial charge < -0.3 is 4.57 Å². The minimum atomic E-state index is 0.574. The molecule has 12 heavy (non-hydrogen) atoms. The summed E-state index contributed by atoms with van der Waals surface area (Å²) in [5.41, 5.74) is 1.14. The van der Waals surface area contributed by atoms with Crippen molar-refractivity contribution in [2.24, 2.45) is 5.92 Å². The fourth-order valence-electron chi connectivity index (χ4n) is 1.39. The van der Waals surface area contributed by atoms with Gasteiger partial charge in [0.25, 0.3) is 0 Å². The zero-order chi connectivity index (χ0) is 8.39. The van der Waals surface area contributed by atoms with Gasteiger partial charge in [-0.3, -0.25) is 0 Å². The Labute approximate surface area is 77.6 Å². The van der Waals surface area contributed by atoms with Gasteiger partial charge in [-0.2, -0.15) is 0 Å². The van der Waals surface area contributed by atoms with Crippen LogP contribution in [0.15, 0.2) is 12.5 Å². The van der Waals surface area contributed by atoms with E-state index in [-0.39, 0.29) is 0 Å². The highest BCUT2D eigenvalue weighted by atomic mass is 35.5. The van der Waals surface area contributed by atoms with Crippen molar-refractivity contribution in [3.63, 3.8) is 0 Å². The lowest BCUT2D eigenvalue weighted by atomic mass is 10.3. The molecule has 1 aliphatic carbocycles. The van der Waals surface area contributed by atoms with E-state index in [9.17, 15) is 0 Å². The Balaban J connectivity index is 1.91. The minimum absolute atomic E-state index is 0.574. The van der Waals surface area contributed by atoms with Gasteiger partial charge in [0.2, 0.25) is 0 Å². The number of hydrogen-bond donors (Lipinski definition) is 0. The predicted octanol–water partition coefficient (Wildman–Crippen LogP) is 2.42. The zero-order valence-electron chi connectivity index (χ0n) is 7.04. The summed E-state index contributed by atoms with van der Waals surface area (Å²) in [4.78, 5) is 4.07. The lowest BCUT2D eigenvalue weighted by molar-refractivity contribution is 0.585. The molecule has 1 fully saturated rings. The van der Waals surface area contributed by atoms with Crippen LogP contribution in [0.4, 0.5) is 0 Å². The molecule has 0 unspecified atom stereocenters. The molecule has 0 aromatic carbocycles. The van der Waals surface area contributed by atoms with Crippen molar-refractivity contribution in [1.29, 1.82) is 0 Å². The number of alkyl halides is 1. The van der Waals surface area contributed by atoms with Gasteiger partial charge in [-0.1, -0.05) is 12.8 Å². The molecule has 1 saturated carbocycles. The van der Waals surface area contributed by atoms with E-state index < -0.39 is 0 Å². The summed E-state index contributed by atoms with van der Waals surface area (Å²) in [6.45, 7) is 1.09. The summed E-state index contributed by atoms with van der Waals surface area (Å²) in [6, 6.07) is 0. The van der Waals surface area contributed by atoms with Gasteiger partial charge in [0.1, 0.15) is 0 Å². The van der Waals surface area contributed by atoms with E-state index >= 15 is 0 Å². The monoisotopic (exact) mass is 184 g/mol. The van der Waals surface area contributed by atoms with Crippen LogP contribution in [0.3, 0.4) is 0 Å². The van der Waals surface area contributed by atoms with Crippen LogP contribution >= 0.6 is 11.6 Å². The first-order valence-electron chi connectivity index (χ1n) is 4.45. The van der Waals surface area contributed by atoms with E-state index in [0.717, 1.165) is 18.2 Å². The number of aryl methyl sites for hydroxylation is 1. The summed E-state index contributed by atoms with van der Waals surface area (Å²) in [6.07, 6.45) is 7.86. The van der Waals surface area contributed by atoms with Gasteiger partial charge in [0.05, 0.1) is 17.9 Å². The topological polar surface area (TPSA) is 17.8 Å². The first-order chi connectivity index (χ1) is 5.90. The Hall–Kier alpha value is -0.500. The third kappa shape index (κ3) is 1.81. The van der Waals surface area contributed by atoms with Gasteiger partial charge in [0, 0.05) is 12.7 Å². The lowest BCUT2D eigenvalue weighted by Crippen LogP contribution is -2.00. The van der Waals surface area contributed by atoms with Crippen molar-refractivity contribution in [2.75, 3.05) is 0 Å². The Kier molecular flexibility index (Phi) is 2.35. The first-order valence-corrected chi connectivity index (χ1v) is 4.98. The van der Waals surface area contributed by atoms with E-state index in [1.165, 1.54) is 19.3 Å². The van der Waals surface area contributed by atoms with Gasteiger partial charge >= 0.3 is 0 Å². The Morgan fingerprint density at radius 1 is 1.58 bits per heavy atom. The number of aromatic nitrogens is 2. The molecule has 1 heterocycles. The molecule has 0 bridgehead atoms. The van der Waals surface area contributed by atoms with Crippen LogP contribution in [-0.2, 0) is 12.4 Å². The van der Waals surface area contributed by atoms with Crippen molar-refractivity contribution < 1.29 is 0 Å². The predicted molar refractivity (Wildman–Crippen MR) is 49.1 cm³/mol. The van der Waals surface area contributed by atoms with Crippen LogP contribution < -0.4 is 0 Å². The van der Waals surface area contributed by atoms with Crippen molar-refractivity contribution in [3.8, 4) is 0 Å². The van der Waals surface area contributed by atoms with E-state index in [0.29, 0.717) is 5.88 Å². The summed E-state index contributed by atoms with van der Waals surface area (Å²) < 4.78 is 2.16. The molecule has 1 aliphatic rings. The number of rotatable bonds is 4. The SMILES string of the molecule is ClCc1cncn1CCC1CC1. The maximum absolute atomic E-state index is 5.74. The van der Waals surface area contributed by atoms with Gasteiger partial charge in [-0.05, 0) is 12.3 Å². The average molecular weight is 185 g/mol. The standard InChI is InChI=1S/C9H13ClN2/c10-5-9-6-11-7-12(9)4-3-8-1-2-8/h6-8H,1-5H2. The molecule has 0 atom stereocenters. The number of imidazole rings is 1. The fraction of sp³-hybridized carbons (Fsp3) is 0.667. The van der Waals surface area contributed by atoms with Crippen LogP contribution in [0.2, 0.25) is 0 Å². The second kappa shape index (κ2) is 3.48. The lowest BCUT2D eigenvalue weighted by Gasteiger charge is -2.03. The number of halogens is 1. The van der Waals surface area contributed by atoms with Crippen LogP contribution in [-0.4, -0.2) is 9.55 Å². The van der Waals surface area contributed by atoms with E-state index in [1.54, 1.807) is 0 Å². The average Bonchev–Trinajstić information content (AvgIpc) is 2.81. The van der Waals surface area contributed by atoms with Crippen LogP contribution in [0, 0.1) is 5.92 Å². The maximum atomic E-state index is 5.74. The van der Waals surface area contributed by atoms with Crippen LogP contribution in [0.25, 0.3) is 0 Å². The molecule has 0 radical (unpaired) electrons. The summed E-state index contributed by atoms with van der Waals surface area (Å²) in [5.74, 6) is 1.56. The third-order valence-electron chi connectivity index (χ3n) is 2.41. The molecule has 0 N–H and O–H groups in total. The number of nitrogens with zero attached hydrogens (tertiary/aromatic N) is 2. The van der Waals surface area contributed by atoms with Gasteiger partial charge in [-0.25, -0.2) is 4.98 Å². The molecule has 0 saturated heterocycles. The smallest absolute Gasteiger partial charge is 0.0948 e. The van der Waals surface area contributed by atoms with Crippen molar-refractivity contribution in [1.82, 2.24) is 9.55 Å². The quantitative estimate of drug-likeness (QED) is 0.658. The van der Waals surface area contributed by atoms with Crippen molar-refractivity contribution in [3.05, 3.63) is 18.2 Å². The third-order valence-corrected chi connectivity index (χ3v) is 2.68. The van der Waals surface area contributed by atoms with E-state index in [2.05, 4.69) is 9.55 Å². The summed E-state index contributed by atoms with van der Waals surface area (Å²) >= 11 is 5.74. The molecule has 2 nitrogen and oxygen atoms in total. The summed E-state index contributed by atoms with van der Waals surface area (Å²) in [7, 11) is 0. The molecule has 0 spiro atoms. The molecule has 2 rings (SSSR count). The molecule has 0 aliphatic heterocycles. The number of hydrogen-bond acceptors (Lipinski definition) is 1. The molecular weight excluding hydrogens is 172 g/mol. The van der Waals surface area contributed by atoms with Crippen LogP contribution in [0.5, 0.6) is 0 Å². The van der Waals surface area contributed by atoms with E-state index in [1.807, 2.05) is 12.5 Å². The second-order valence-corrected chi connectivity index (χ2v) is 3.71. The zero-order valence-corrected chi connectivity index (χ0v) is 7.80. The first kappa shape index (κ1) is 8.11. The largest absolute Gasteiger partial charge is 0.333 e. The highest BCUT2D eigenvalue weighted by molar-refractivity contribution is 6.16. The summed E-state index contributed by atoms with van der Waals surface area (Å²) in [5, 5.41) is 0. The molecule has 1 aromatic rings. The second-order valence-electron chi connectivity index (χ2n) is 3.44. The van der Waals surface area contributed by atoms with Gasteiger partial charge in [0.15, 0.2) is 0 Å². The Morgan fingerprint density at radius 3 is 3.08 bits per heavy atom. The highest BCUT2D eigenvalue weighted by Gasteiger charge is 2.20. The van der Waals surface area contributed by atoms with E-state index in [4.69, 9.17) is 11.6 Å². The molecule has 3 heteroatoms. The Morgan fingerprint density at radius 2 is 2.42 bits per heavy atom. The van der Waals surface area contributed by atoms with Crippen molar-refractivity contribution in [2.45, 2.75) is 31.7 Å². The van der Waals surface area contributed by atoms with Crippen molar-refractivity contribution >= 4 is 11.6 Å². The Bertz CT molecular complexity index is 253. The highest BCUT2D eigenvalue weighted by Crippen LogP contribution is 2.32. The normalized spacial score (nSPS) is 16.8. The molecule has 1 aromatic heterocycles. The maximum Gasteiger partial charge on any atom is 0.0948 e. The minimum Gasteiger partial charge on any atom is -0.333 e. The molecule has 0 amide bonds. The molecule has 66 valence electrons. The fourth-order valence-corrected chi connectivity index (χ4v) is 1.61.